The predicted octanol–water partition coefficient (Wildman–Crippen LogP) is 3.64. The molecule has 0 aliphatic rings. The van der Waals surface area contributed by atoms with Crippen LogP contribution >= 0.6 is 0 Å². The van der Waals surface area contributed by atoms with E-state index in [-0.39, 0.29) is 32.7 Å². The molecule has 0 spiro atoms. The molecule has 1 aromatic carbocycles. The molecule has 0 aliphatic heterocycles. The summed E-state index contributed by atoms with van der Waals surface area (Å²) >= 11 is 0. The summed E-state index contributed by atoms with van der Waals surface area (Å²) in [4.78, 5) is 9.06. The summed E-state index contributed by atoms with van der Waals surface area (Å²) in [6.45, 7) is 0. The van der Waals surface area contributed by atoms with E-state index in [0.29, 0.717) is 0 Å². The Balaban J connectivity index is 0.00000121. The van der Waals surface area contributed by atoms with Gasteiger partial charge in [0.25, 0.3) is 0 Å². The maximum atomic E-state index is 4.97. The van der Waals surface area contributed by atoms with Crippen molar-refractivity contribution < 1.29 is 37.1 Å². The molecular weight excluding hydrogens is 325 g/mol. The molecule has 3 nitrogen and oxygen atoms in total. The van der Waals surface area contributed by atoms with Gasteiger partial charge in [-0.3, -0.25) is 4.98 Å². The Morgan fingerprint density at radius 2 is 1.90 bits per heavy atom. The van der Waals surface area contributed by atoms with Crippen LogP contribution < -0.4 is 0 Å². The van der Waals surface area contributed by atoms with E-state index >= 15 is 0 Å². The van der Waals surface area contributed by atoms with Gasteiger partial charge in [-0.15, -0.1) is 11.8 Å². The van der Waals surface area contributed by atoms with Crippen LogP contribution in [0.1, 0.15) is 0 Å². The van der Waals surface area contributed by atoms with Crippen LogP contribution in [0.3, 0.4) is 0 Å². The Morgan fingerprint density at radius 3 is 2.75 bits per heavy atom. The molecule has 0 atom stereocenters. The van der Waals surface area contributed by atoms with Gasteiger partial charge in [-0.2, -0.15) is 17.7 Å². The van der Waals surface area contributed by atoms with E-state index in [1.165, 1.54) is 0 Å². The fourth-order valence-electron chi connectivity index (χ4n) is 2.17. The summed E-state index contributed by atoms with van der Waals surface area (Å²) in [5.74, 6) is 0. The molecule has 4 rings (SSSR count). The van der Waals surface area contributed by atoms with Gasteiger partial charge in [0.15, 0.2) is 0 Å². The number of rotatable bonds is 1. The Labute approximate surface area is 140 Å². The quantitative estimate of drug-likeness (QED) is 0.394. The molecule has 1 radical (unpaired) electrons. The van der Waals surface area contributed by atoms with Crippen LogP contribution in [0.15, 0.2) is 53.3 Å². The van der Waals surface area contributed by atoms with E-state index in [1.54, 1.807) is 12.5 Å². The topological polar surface area (TPSA) is 38.9 Å². The van der Waals surface area contributed by atoms with Gasteiger partial charge in [-0.1, -0.05) is 17.5 Å². The van der Waals surface area contributed by atoms with Crippen LogP contribution in [0, 0.1) is 12.3 Å². The number of pyridine rings is 2. The summed E-state index contributed by atoms with van der Waals surface area (Å²) in [6.07, 6.45) is 6.14. The van der Waals surface area contributed by atoms with Gasteiger partial charge in [0.2, 0.25) is 0 Å². The summed E-state index contributed by atoms with van der Waals surface area (Å²) in [7, 11) is 0. The van der Waals surface area contributed by atoms with Crippen LogP contribution in [0.2, 0.25) is 0 Å². The van der Waals surface area contributed by atoms with Crippen molar-refractivity contribution in [2.24, 2.45) is 0 Å². The van der Waals surface area contributed by atoms with Crippen molar-refractivity contribution in [3.63, 3.8) is 0 Å². The van der Waals surface area contributed by atoms with Crippen molar-refractivity contribution >= 4 is 21.8 Å². The normalized spacial score (nSPS) is 10.6. The Morgan fingerprint density at radius 1 is 1.00 bits per heavy atom. The van der Waals surface area contributed by atoms with Crippen LogP contribution in [-0.2, 0) is 32.7 Å². The third-order valence-electron chi connectivity index (χ3n) is 3.09. The Hall–Kier alpha value is -1.58. The fraction of sp³-hybridized carbons (Fsp3) is 0. The van der Waals surface area contributed by atoms with Crippen molar-refractivity contribution in [2.75, 3.05) is 0 Å². The van der Waals surface area contributed by atoms with E-state index in [1.807, 2.05) is 36.4 Å². The second kappa shape index (κ2) is 5.43. The van der Waals surface area contributed by atoms with Crippen molar-refractivity contribution in [3.8, 4) is 11.3 Å². The van der Waals surface area contributed by atoms with Crippen molar-refractivity contribution in [1.29, 1.82) is 0 Å². The first kappa shape index (κ1) is 13.4. The fourth-order valence-corrected chi connectivity index (χ4v) is 2.17. The van der Waals surface area contributed by atoms with Gasteiger partial charge < -0.3 is 9.40 Å². The minimum Gasteiger partial charge on any atom is -0.580 e. The third-order valence-corrected chi connectivity index (χ3v) is 3.09. The summed E-state index contributed by atoms with van der Waals surface area (Å²) in [5.41, 5.74) is 3.30. The average Bonchev–Trinajstić information content (AvgIpc) is 3.01. The Kier molecular flexibility index (Phi) is 3.64. The van der Waals surface area contributed by atoms with Crippen LogP contribution in [0.25, 0.3) is 33.1 Å². The number of furan rings is 1. The van der Waals surface area contributed by atoms with E-state index in [0.717, 1.165) is 33.1 Å². The molecule has 0 aliphatic carbocycles. The zero-order chi connectivity index (χ0) is 12.7. The molecule has 0 bridgehead atoms. The molecule has 3 heterocycles. The smallest absolute Gasteiger partial charge is 0.0829 e. The van der Waals surface area contributed by atoms with Crippen LogP contribution in [0.4, 0.5) is 0 Å². The monoisotopic (exact) mass is 333 g/mol. The van der Waals surface area contributed by atoms with Crippen molar-refractivity contribution in [1.82, 2.24) is 9.97 Å². The molecule has 4 heteroatoms. The molecule has 0 saturated carbocycles. The van der Waals surface area contributed by atoms with Crippen molar-refractivity contribution in [2.45, 2.75) is 0 Å². The number of nitrogens with zero attached hydrogens (tertiary/aromatic N) is 2. The van der Waals surface area contributed by atoms with Gasteiger partial charge in [0.1, 0.15) is 0 Å². The molecule has 0 N–H and O–H groups in total. The maximum absolute atomic E-state index is 4.97. The van der Waals surface area contributed by atoms with Gasteiger partial charge >= 0.3 is 0 Å². The van der Waals surface area contributed by atoms with E-state index in [2.05, 4.69) is 22.3 Å². The molecule has 0 fully saturated rings. The van der Waals surface area contributed by atoms with Crippen molar-refractivity contribution in [3.05, 3.63) is 61.2 Å². The van der Waals surface area contributed by atoms with Gasteiger partial charge in [-0.25, -0.2) is 6.07 Å². The molecular formula is C16H8N2OY-2. The molecule has 20 heavy (non-hydrogen) atoms. The maximum Gasteiger partial charge on any atom is 0.0829 e. The first-order chi connectivity index (χ1) is 9.42. The number of benzene rings is 1. The van der Waals surface area contributed by atoms with E-state index in [4.69, 9.17) is 4.42 Å². The standard InChI is InChI=1S/C16H8N2O.Y/c1-2-11-3-4-12-5-6-14(13-7-9-19-10-13)18-16(12)15(11)17-8-1;/h1-5,7-9H;/q-2;. The molecule has 0 amide bonds. The van der Waals surface area contributed by atoms with Gasteiger partial charge in [0, 0.05) is 49.8 Å². The molecule has 0 unspecified atom stereocenters. The zero-order valence-corrected chi connectivity index (χ0v) is 13.3. The second-order valence-corrected chi connectivity index (χ2v) is 4.26. The number of hydrogen-bond donors (Lipinski definition) is 0. The Bertz CT molecular complexity index is 872. The molecule has 3 aromatic heterocycles. The first-order valence-electron chi connectivity index (χ1n) is 5.93. The summed E-state index contributed by atoms with van der Waals surface area (Å²) < 4.78 is 4.97. The van der Waals surface area contributed by atoms with Crippen LogP contribution in [-0.4, -0.2) is 9.97 Å². The summed E-state index contributed by atoms with van der Waals surface area (Å²) in [6, 6.07) is 14.9. The number of hydrogen-bond acceptors (Lipinski definition) is 3. The number of aromatic nitrogens is 2. The van der Waals surface area contributed by atoms with E-state index in [9.17, 15) is 0 Å². The molecule has 4 aromatic rings. The second-order valence-electron chi connectivity index (χ2n) is 4.26. The predicted molar refractivity (Wildman–Crippen MR) is 72.4 cm³/mol. The number of fused-ring (bicyclic) bond motifs is 3. The summed E-state index contributed by atoms with van der Waals surface area (Å²) in [5, 5.41) is 2.11. The minimum atomic E-state index is 0. The SMILES string of the molecule is [Y].[c-]1occc1-c1[c-]cc2ccc3cccnc3c2n1. The largest absolute Gasteiger partial charge is 0.580 e. The van der Waals surface area contributed by atoms with Gasteiger partial charge in [-0.05, 0) is 18.6 Å². The first-order valence-corrected chi connectivity index (χ1v) is 5.93. The zero-order valence-electron chi connectivity index (χ0n) is 10.5. The minimum absolute atomic E-state index is 0. The van der Waals surface area contributed by atoms with Gasteiger partial charge in [0.05, 0.1) is 5.52 Å². The molecule has 0 saturated heterocycles. The van der Waals surface area contributed by atoms with Crippen LogP contribution in [0.5, 0.6) is 0 Å². The average molecular weight is 333 g/mol. The third kappa shape index (κ3) is 2.17. The molecule has 93 valence electrons. The van der Waals surface area contributed by atoms with E-state index < -0.39 is 0 Å².